The fourth-order valence-electron chi connectivity index (χ4n) is 11.1. The van der Waals surface area contributed by atoms with Gasteiger partial charge < -0.3 is 59.1 Å². The van der Waals surface area contributed by atoms with Gasteiger partial charge in [0.2, 0.25) is 0 Å². The number of ketones is 1. The van der Waals surface area contributed by atoms with Gasteiger partial charge >= 0.3 is 11.9 Å². The average Bonchev–Trinajstić information content (AvgIpc) is 4.03. The smallest absolute Gasteiger partial charge is 0.410 e. The minimum atomic E-state index is -1.98. The maximum atomic E-state index is 15.0. The number of benzene rings is 2. The van der Waals surface area contributed by atoms with E-state index in [9.17, 15) is 34.8 Å². The van der Waals surface area contributed by atoms with Gasteiger partial charge in [-0.3, -0.25) is 19.5 Å². The third kappa shape index (κ3) is 10.4. The van der Waals surface area contributed by atoms with Crippen molar-refractivity contribution in [2.24, 2.45) is 46.6 Å². The number of aromatic hydroxyl groups is 2. The summed E-state index contributed by atoms with van der Waals surface area (Å²) in [6, 6.07) is 0. The van der Waals surface area contributed by atoms with E-state index in [1.165, 1.54) is 20.3 Å². The molecule has 1 spiro atoms. The lowest BCUT2D eigenvalue weighted by Gasteiger charge is -2.40. The summed E-state index contributed by atoms with van der Waals surface area (Å²) >= 11 is 0. The molecule has 1 aromatic heterocycles. The number of amides is 2. The number of allylic oxidation sites excluding steroid dienone is 2. The number of piperidine rings is 1. The molecule has 2 amide bonds. The lowest BCUT2D eigenvalue weighted by molar-refractivity contribution is -0.114. The number of carbonyl (C=O) groups is 3. The number of phenols is 2. The van der Waals surface area contributed by atoms with Crippen molar-refractivity contribution < 1.29 is 53.8 Å². The highest BCUT2D eigenvalue weighted by atomic mass is 16.7. The van der Waals surface area contributed by atoms with Crippen molar-refractivity contribution >= 4 is 34.2 Å². The molecule has 396 valence electrons. The van der Waals surface area contributed by atoms with Gasteiger partial charge in [-0.25, -0.2) is 14.8 Å². The van der Waals surface area contributed by atoms with Gasteiger partial charge in [0.1, 0.15) is 39.8 Å². The van der Waals surface area contributed by atoms with Gasteiger partial charge in [-0.15, -0.1) is 0 Å². The van der Waals surface area contributed by atoms with E-state index in [2.05, 4.69) is 38.9 Å². The number of phenolic OH excluding ortho intramolecular Hbond substituents is 2. The quantitative estimate of drug-likeness (QED) is 0.207. The minimum absolute atomic E-state index is 0.0487. The van der Waals surface area contributed by atoms with Crippen LogP contribution in [0.2, 0.25) is 0 Å². The number of rotatable bonds is 6. The molecule has 2 fully saturated rings. The summed E-state index contributed by atoms with van der Waals surface area (Å²) in [6.45, 7) is 21.0. The topological polar surface area (TPSA) is 233 Å². The van der Waals surface area contributed by atoms with Crippen molar-refractivity contribution in [3.63, 3.8) is 0 Å². The Labute approximate surface area is 426 Å². The Bertz CT molecular complexity index is 2830. The number of aromatic nitrogens is 2. The van der Waals surface area contributed by atoms with Gasteiger partial charge in [0, 0.05) is 132 Å². The third-order valence-corrected chi connectivity index (χ3v) is 15.8. The van der Waals surface area contributed by atoms with E-state index in [1.807, 2.05) is 24.7 Å². The first-order chi connectivity index (χ1) is 34.6. The van der Waals surface area contributed by atoms with E-state index < -0.39 is 83.1 Å². The van der Waals surface area contributed by atoms with Crippen molar-refractivity contribution in [1.29, 1.82) is 0 Å². The van der Waals surface area contributed by atoms with E-state index >= 15 is 0 Å². The zero-order valence-electron chi connectivity index (χ0n) is 44.1. The Balaban J connectivity index is 1.17. The molecular weight excluding hydrogens is 937 g/mol. The summed E-state index contributed by atoms with van der Waals surface area (Å²) in [5.41, 5.74) is -0.146. The van der Waals surface area contributed by atoms with Crippen LogP contribution in [-0.4, -0.2) is 151 Å². The standard InChI is InChI=1S/C54H74N8O11/c1-29(2)27-60-19-16-54(17-20-60)57-41-38-39-46(65)35(8)49-40(38)50(67)53(9,73-49)71-26-15-36(70-11)32(5)48(72-52(69)62-24-22-61(23-25-62)28-37-55-18-21-59(37)10)34(7)45(64)33(6)44(63)30(3)13-12-14-31(4)51(68)56-43(47(39)66)42(41)58-54/h12-15,18,21,26,29-30,32-34,36,44-45,48,57,63-66H,16-17,19-20,22-25,27-28H2,1-11H3/b13-12+,26-15+,31-14-,56-43?/t30-,32+,33+,34+,36-,44-,45+,48+,53-/m0/s1. The molecule has 6 aliphatic heterocycles. The molecule has 6 aliphatic rings. The number of carbonyl (C=O) groups excluding carboxylic acids is 3. The summed E-state index contributed by atoms with van der Waals surface area (Å²) in [5, 5.41) is 51.6. The van der Waals surface area contributed by atoms with Crippen molar-refractivity contribution in [2.45, 2.75) is 118 Å². The number of aliphatic hydroxyl groups is 2. The third-order valence-electron chi connectivity index (χ3n) is 15.8. The number of methoxy groups -OCH3 is 1. The monoisotopic (exact) mass is 1010 g/mol. The highest BCUT2D eigenvalue weighted by molar-refractivity contribution is 6.21. The van der Waals surface area contributed by atoms with Gasteiger partial charge in [0.05, 0.1) is 47.8 Å². The zero-order valence-corrected chi connectivity index (χ0v) is 44.1. The number of likely N-dealkylation sites (tertiary alicyclic amines) is 1. The average molecular weight is 1010 g/mol. The van der Waals surface area contributed by atoms with Crippen molar-refractivity contribution in [2.75, 3.05) is 58.2 Å². The maximum Gasteiger partial charge on any atom is 0.410 e. The second-order valence-electron chi connectivity index (χ2n) is 21.5. The van der Waals surface area contributed by atoms with E-state index in [0.29, 0.717) is 70.3 Å². The van der Waals surface area contributed by atoms with Crippen molar-refractivity contribution in [3.05, 3.63) is 76.2 Å². The molecule has 0 aliphatic carbocycles. The van der Waals surface area contributed by atoms with Crippen molar-refractivity contribution in [1.82, 2.24) is 24.3 Å². The molecule has 0 saturated carbocycles. The SMILES string of the molecule is CO[C@H]1/C=C/O[C@@]2(C)Oc3c(C)c(O)c4c(O)c(c5c(c4c3C2=O)NC2(CCN(CC(C)C)CC2)N=5)=NC(=O)/C(C)=C\C=C\[C@H](C)[C@H](O)[C@@H](C)[C@@H](O)[C@@H](C)[C@H](OC(=O)N2CCN(Cc3nccn3C)CC2)[C@@H]1C. The van der Waals surface area contributed by atoms with Gasteiger partial charge in [-0.05, 0) is 25.8 Å². The largest absolute Gasteiger partial charge is 0.507 e. The number of hydrogen-bond acceptors (Lipinski definition) is 16. The molecule has 3 aromatic rings. The number of piperazine rings is 1. The van der Waals surface area contributed by atoms with Crippen LogP contribution in [0.4, 0.5) is 10.5 Å². The summed E-state index contributed by atoms with van der Waals surface area (Å²) in [7, 11) is 3.44. The van der Waals surface area contributed by atoms with Crippen molar-refractivity contribution in [3.8, 4) is 17.2 Å². The molecule has 19 heteroatoms. The number of imidazole rings is 1. The first-order valence-corrected chi connectivity index (χ1v) is 25.6. The molecule has 7 heterocycles. The fourth-order valence-corrected chi connectivity index (χ4v) is 11.1. The van der Waals surface area contributed by atoms with Gasteiger partial charge in [-0.1, -0.05) is 59.8 Å². The van der Waals surface area contributed by atoms with Gasteiger partial charge in [0.15, 0.2) is 5.75 Å². The van der Waals surface area contributed by atoms with Crippen LogP contribution in [-0.2, 0) is 32.6 Å². The van der Waals surface area contributed by atoms with Crippen LogP contribution < -0.4 is 20.8 Å². The number of aryl methyl sites for hydroxylation is 1. The van der Waals surface area contributed by atoms with Crippen LogP contribution >= 0.6 is 0 Å². The molecule has 5 N–H and O–H groups in total. The summed E-state index contributed by atoms with van der Waals surface area (Å²) in [4.78, 5) is 63.4. The lowest BCUT2D eigenvalue weighted by atomic mass is 9.78. The van der Waals surface area contributed by atoms with Crippen LogP contribution in [0.1, 0.15) is 90.0 Å². The Kier molecular flexibility index (Phi) is 15.5. The van der Waals surface area contributed by atoms with Crippen LogP contribution in [0.5, 0.6) is 17.2 Å². The van der Waals surface area contributed by atoms with Gasteiger partial charge in [0.25, 0.3) is 11.7 Å². The molecule has 9 rings (SSSR count). The van der Waals surface area contributed by atoms with Gasteiger partial charge in [-0.2, -0.15) is 0 Å². The maximum absolute atomic E-state index is 15.0. The van der Waals surface area contributed by atoms with Crippen LogP contribution in [0.3, 0.4) is 0 Å². The number of aliphatic hydroxyl groups excluding tert-OH is 2. The van der Waals surface area contributed by atoms with E-state index in [1.54, 1.807) is 70.0 Å². The molecule has 2 saturated heterocycles. The molecule has 0 unspecified atom stereocenters. The van der Waals surface area contributed by atoms with Crippen LogP contribution in [0.25, 0.3) is 10.8 Å². The molecule has 9 atom stereocenters. The number of hydrogen-bond donors (Lipinski definition) is 5. The predicted octanol–water partition coefficient (Wildman–Crippen LogP) is 4.87. The Hall–Kier alpha value is -5.86. The van der Waals surface area contributed by atoms with E-state index in [0.717, 1.165) is 12.4 Å². The number of Topliss-reactive ketones (excluding diaryl/α,β-unsaturated/α-hetero) is 1. The van der Waals surface area contributed by atoms with E-state index in [4.69, 9.17) is 23.9 Å². The number of nitrogens with zero attached hydrogens (tertiary/aromatic N) is 7. The normalized spacial score (nSPS) is 30.8. The molecule has 2 aromatic carbocycles. The first-order valence-electron chi connectivity index (χ1n) is 25.6. The Morgan fingerprint density at radius 1 is 0.918 bits per heavy atom. The summed E-state index contributed by atoms with van der Waals surface area (Å²) < 4.78 is 27.0. The second kappa shape index (κ2) is 21.2. The van der Waals surface area contributed by atoms with Crippen LogP contribution in [0.15, 0.2) is 58.5 Å². The molecule has 5 bridgehead atoms. The minimum Gasteiger partial charge on any atom is -0.507 e. The first kappa shape index (κ1) is 53.4. The summed E-state index contributed by atoms with van der Waals surface area (Å²) in [6.07, 6.45) is 8.02. The second-order valence-corrected chi connectivity index (χ2v) is 21.5. The predicted molar refractivity (Wildman–Crippen MR) is 272 cm³/mol. The number of anilines is 1. The molecular formula is C54H74N8O11. The number of nitrogens with one attached hydrogen (secondary N) is 1. The number of fused-ring (bicyclic) bond motifs is 13. The highest BCUT2D eigenvalue weighted by Gasteiger charge is 2.51. The zero-order chi connectivity index (χ0) is 52.8. The van der Waals surface area contributed by atoms with E-state index in [-0.39, 0.29) is 49.7 Å². The Morgan fingerprint density at radius 2 is 1.62 bits per heavy atom. The Morgan fingerprint density at radius 3 is 2.26 bits per heavy atom. The molecule has 19 nitrogen and oxygen atoms in total. The van der Waals surface area contributed by atoms with Crippen LogP contribution in [0, 0.1) is 36.5 Å². The lowest BCUT2D eigenvalue weighted by Crippen LogP contribution is -2.52. The highest BCUT2D eigenvalue weighted by Crippen LogP contribution is 2.51. The molecule has 73 heavy (non-hydrogen) atoms. The summed E-state index contributed by atoms with van der Waals surface area (Å²) in [5.74, 6) is -5.35. The molecule has 0 radical (unpaired) electrons. The fraction of sp³-hybridized carbons (Fsp3) is 0.593. The number of ether oxygens (including phenoxy) is 4.